The average Bonchev–Trinajstić information content (AvgIpc) is 3.39. The lowest BCUT2D eigenvalue weighted by Gasteiger charge is -2.32. The van der Waals surface area contributed by atoms with Crippen molar-refractivity contribution in [2.75, 3.05) is 18.0 Å². The highest BCUT2D eigenvalue weighted by Crippen LogP contribution is 2.35. The Morgan fingerprint density at radius 2 is 1.97 bits per heavy atom. The molecule has 7 nitrogen and oxygen atoms in total. The minimum atomic E-state index is -0.337. The maximum Gasteiger partial charge on any atom is 0.223 e. The Balaban J connectivity index is 1.19. The molecule has 0 saturated carbocycles. The van der Waals surface area contributed by atoms with Gasteiger partial charge < -0.3 is 14.8 Å². The van der Waals surface area contributed by atoms with Crippen molar-refractivity contribution in [2.24, 2.45) is 5.92 Å². The summed E-state index contributed by atoms with van der Waals surface area (Å²) in [5, 5.41) is 4.12. The number of thiophene rings is 1. The smallest absolute Gasteiger partial charge is 0.223 e. The molecule has 1 amide bonds. The predicted octanol–water partition coefficient (Wildman–Crippen LogP) is 4.47. The minimum Gasteiger partial charge on any atom is -0.356 e. The summed E-state index contributed by atoms with van der Waals surface area (Å²) in [5.41, 5.74) is 2.42. The number of fused-ring (bicyclic) bond motifs is 1. The molecule has 9 heteroatoms. The Bertz CT molecular complexity index is 1350. The normalized spacial score (nSPS) is 14.6. The number of amides is 1. The van der Waals surface area contributed by atoms with E-state index in [1.807, 2.05) is 13.0 Å². The largest absolute Gasteiger partial charge is 0.356 e. The second kappa shape index (κ2) is 9.13. The number of anilines is 1. The molecule has 0 unspecified atom stereocenters. The van der Waals surface area contributed by atoms with Crippen molar-refractivity contribution in [3.63, 3.8) is 0 Å². The maximum atomic E-state index is 14.6. The third-order valence-electron chi connectivity index (χ3n) is 6.67. The monoisotopic (exact) mass is 478 g/mol. The van der Waals surface area contributed by atoms with Crippen LogP contribution in [0.3, 0.4) is 0 Å². The van der Waals surface area contributed by atoms with Crippen LogP contribution in [-0.2, 0) is 11.3 Å². The molecule has 1 fully saturated rings. The van der Waals surface area contributed by atoms with Gasteiger partial charge in [-0.25, -0.2) is 19.3 Å². The van der Waals surface area contributed by atoms with Crippen LogP contribution < -0.4 is 10.2 Å². The predicted molar refractivity (Wildman–Crippen MR) is 132 cm³/mol. The number of halogens is 1. The Labute approximate surface area is 201 Å². The molecule has 34 heavy (non-hydrogen) atoms. The molecule has 0 spiro atoms. The van der Waals surface area contributed by atoms with E-state index in [1.54, 1.807) is 40.7 Å². The third-order valence-corrected chi connectivity index (χ3v) is 7.79. The molecule has 1 aliphatic rings. The zero-order chi connectivity index (χ0) is 23.8. The van der Waals surface area contributed by atoms with Crippen molar-refractivity contribution in [1.82, 2.24) is 24.8 Å². The summed E-state index contributed by atoms with van der Waals surface area (Å²) in [7, 11) is 0. The molecule has 176 valence electrons. The van der Waals surface area contributed by atoms with Gasteiger partial charge in [-0.15, -0.1) is 11.3 Å². The zero-order valence-electron chi connectivity index (χ0n) is 19.5. The van der Waals surface area contributed by atoms with E-state index in [0.717, 1.165) is 53.4 Å². The number of nitrogens with zero attached hydrogens (tertiary/aromatic N) is 5. The van der Waals surface area contributed by atoms with Crippen LogP contribution in [0.4, 0.5) is 10.2 Å². The minimum absolute atomic E-state index is 0.0185. The summed E-state index contributed by atoms with van der Waals surface area (Å²) in [4.78, 5) is 30.5. The number of aromatic nitrogens is 4. The van der Waals surface area contributed by atoms with E-state index in [0.29, 0.717) is 12.2 Å². The van der Waals surface area contributed by atoms with Crippen molar-refractivity contribution >= 4 is 33.3 Å². The molecule has 0 bridgehead atoms. The number of rotatable bonds is 5. The summed E-state index contributed by atoms with van der Waals surface area (Å²) >= 11 is 1.70. The number of aryl methyl sites for hydroxylation is 3. The van der Waals surface area contributed by atoms with Crippen LogP contribution >= 0.6 is 11.3 Å². The molecule has 0 aliphatic carbocycles. The number of piperidine rings is 1. The molecule has 3 aromatic heterocycles. The van der Waals surface area contributed by atoms with Gasteiger partial charge >= 0.3 is 0 Å². The zero-order valence-corrected chi connectivity index (χ0v) is 20.3. The van der Waals surface area contributed by atoms with Crippen LogP contribution in [0.1, 0.15) is 34.7 Å². The fourth-order valence-electron chi connectivity index (χ4n) is 4.58. The Morgan fingerprint density at radius 3 is 2.68 bits per heavy atom. The molecule has 1 aromatic carbocycles. The standard InChI is InChI=1S/C25H27FN6OS/c1-15-16(2)34-25-22(15)23(29-14-30-25)31-9-6-19(7-10-31)24(33)28-13-18-4-5-21(20(26)12-18)32-11-8-27-17(32)3/h4-5,8,11-12,14,19H,6-7,9-10,13H2,1-3H3,(H,28,33). The summed E-state index contributed by atoms with van der Waals surface area (Å²) in [6, 6.07) is 5.04. The first-order valence-corrected chi connectivity index (χ1v) is 12.3. The van der Waals surface area contributed by atoms with E-state index in [4.69, 9.17) is 0 Å². The number of hydrogen-bond acceptors (Lipinski definition) is 6. The van der Waals surface area contributed by atoms with Crippen molar-refractivity contribution < 1.29 is 9.18 Å². The lowest BCUT2D eigenvalue weighted by atomic mass is 9.95. The molecule has 1 aliphatic heterocycles. The SMILES string of the molecule is Cc1sc2ncnc(N3CCC(C(=O)NCc4ccc(-n5ccnc5C)c(F)c4)CC3)c2c1C. The quantitative estimate of drug-likeness (QED) is 0.458. The molecular formula is C25H27FN6OS. The summed E-state index contributed by atoms with van der Waals surface area (Å²) in [6.45, 7) is 7.90. The van der Waals surface area contributed by atoms with Gasteiger partial charge in [-0.05, 0) is 56.9 Å². The Morgan fingerprint density at radius 1 is 1.18 bits per heavy atom. The van der Waals surface area contributed by atoms with Gasteiger partial charge in [-0.3, -0.25) is 4.79 Å². The van der Waals surface area contributed by atoms with Gasteiger partial charge in [-0.1, -0.05) is 6.07 Å². The van der Waals surface area contributed by atoms with Crippen molar-refractivity contribution in [3.05, 3.63) is 64.6 Å². The van der Waals surface area contributed by atoms with Gasteiger partial charge in [0.1, 0.15) is 28.6 Å². The van der Waals surface area contributed by atoms with Crippen LogP contribution in [0.2, 0.25) is 0 Å². The lowest BCUT2D eigenvalue weighted by Crippen LogP contribution is -2.40. The van der Waals surface area contributed by atoms with Gasteiger partial charge in [-0.2, -0.15) is 0 Å². The summed E-state index contributed by atoms with van der Waals surface area (Å²) in [5.74, 6) is 1.31. The number of nitrogens with one attached hydrogen (secondary N) is 1. The van der Waals surface area contributed by atoms with E-state index in [-0.39, 0.29) is 17.6 Å². The van der Waals surface area contributed by atoms with Crippen molar-refractivity contribution in [1.29, 1.82) is 0 Å². The van der Waals surface area contributed by atoms with Crippen LogP contribution in [-0.4, -0.2) is 38.5 Å². The number of carbonyl (C=O) groups is 1. The third kappa shape index (κ3) is 4.16. The summed E-state index contributed by atoms with van der Waals surface area (Å²) in [6.07, 6.45) is 6.52. The molecule has 0 radical (unpaired) electrons. The topological polar surface area (TPSA) is 75.9 Å². The Kier molecular flexibility index (Phi) is 6.03. The number of carbonyl (C=O) groups excluding carboxylic acids is 1. The van der Waals surface area contributed by atoms with E-state index in [1.165, 1.54) is 16.5 Å². The molecular weight excluding hydrogens is 451 g/mol. The van der Waals surface area contributed by atoms with E-state index in [9.17, 15) is 9.18 Å². The maximum absolute atomic E-state index is 14.6. The molecule has 4 heterocycles. The summed E-state index contributed by atoms with van der Waals surface area (Å²) < 4.78 is 16.3. The van der Waals surface area contributed by atoms with E-state index >= 15 is 0 Å². The van der Waals surface area contributed by atoms with Gasteiger partial charge in [0.2, 0.25) is 5.91 Å². The first kappa shape index (κ1) is 22.5. The van der Waals surface area contributed by atoms with Crippen LogP contribution in [0, 0.1) is 32.5 Å². The molecule has 4 aromatic rings. The lowest BCUT2D eigenvalue weighted by molar-refractivity contribution is -0.125. The van der Waals surface area contributed by atoms with Gasteiger partial charge in [0, 0.05) is 42.8 Å². The second-order valence-corrected chi connectivity index (χ2v) is 9.97. The number of imidazole rings is 1. The highest BCUT2D eigenvalue weighted by atomic mass is 32.1. The fourth-order valence-corrected chi connectivity index (χ4v) is 5.57. The highest BCUT2D eigenvalue weighted by Gasteiger charge is 2.27. The van der Waals surface area contributed by atoms with Gasteiger partial charge in [0.05, 0.1) is 11.1 Å². The first-order valence-electron chi connectivity index (χ1n) is 11.4. The average molecular weight is 479 g/mol. The van der Waals surface area contributed by atoms with Crippen molar-refractivity contribution in [3.8, 4) is 5.69 Å². The first-order chi connectivity index (χ1) is 16.4. The Hall–Kier alpha value is -3.33. The van der Waals surface area contributed by atoms with E-state index < -0.39 is 0 Å². The second-order valence-electron chi connectivity index (χ2n) is 8.77. The van der Waals surface area contributed by atoms with Crippen LogP contribution in [0.15, 0.2) is 36.9 Å². The van der Waals surface area contributed by atoms with Gasteiger partial charge in [0.15, 0.2) is 0 Å². The van der Waals surface area contributed by atoms with Gasteiger partial charge in [0.25, 0.3) is 0 Å². The number of benzene rings is 1. The van der Waals surface area contributed by atoms with Crippen LogP contribution in [0.25, 0.3) is 15.9 Å². The molecule has 5 rings (SSSR count). The fraction of sp³-hybridized carbons (Fsp3) is 0.360. The highest BCUT2D eigenvalue weighted by molar-refractivity contribution is 7.18. The van der Waals surface area contributed by atoms with E-state index in [2.05, 4.69) is 39.0 Å². The van der Waals surface area contributed by atoms with Crippen molar-refractivity contribution in [2.45, 2.75) is 40.2 Å². The molecule has 0 atom stereocenters. The molecule has 1 N–H and O–H groups in total. The molecule has 1 saturated heterocycles. The number of hydrogen-bond donors (Lipinski definition) is 1. The van der Waals surface area contributed by atoms with Crippen LogP contribution in [0.5, 0.6) is 0 Å².